The summed E-state index contributed by atoms with van der Waals surface area (Å²) in [7, 11) is 0. The fraction of sp³-hybridized carbons (Fsp3) is 0.250. The summed E-state index contributed by atoms with van der Waals surface area (Å²) in [4.78, 5) is 8.23. The molecule has 0 atom stereocenters. The van der Waals surface area contributed by atoms with Crippen molar-refractivity contribution in [3.63, 3.8) is 0 Å². The van der Waals surface area contributed by atoms with Crippen molar-refractivity contribution in [3.8, 4) is 0 Å². The van der Waals surface area contributed by atoms with Gasteiger partial charge in [0.25, 0.3) is 0 Å². The second-order valence-corrected chi connectivity index (χ2v) is 2.92. The summed E-state index contributed by atoms with van der Waals surface area (Å²) >= 11 is 5.76. The molecule has 11 heavy (non-hydrogen) atoms. The van der Waals surface area contributed by atoms with Crippen LogP contribution in [-0.2, 0) is 6.42 Å². The van der Waals surface area contributed by atoms with Gasteiger partial charge in [0.15, 0.2) is 5.82 Å². The van der Waals surface area contributed by atoms with E-state index in [1.165, 1.54) is 0 Å². The molecule has 56 valence electrons. The zero-order chi connectivity index (χ0) is 7.68. The third-order valence-corrected chi connectivity index (χ3v) is 1.87. The number of rotatable bonds is 0. The van der Waals surface area contributed by atoms with Crippen LogP contribution >= 0.6 is 11.6 Å². The molecule has 2 nitrogen and oxygen atoms in total. The Hall–Kier alpha value is -0.890. The van der Waals surface area contributed by atoms with Crippen molar-refractivity contribution in [2.24, 2.45) is 4.99 Å². The summed E-state index contributed by atoms with van der Waals surface area (Å²) in [6, 6.07) is 1.93. The van der Waals surface area contributed by atoms with E-state index in [9.17, 15) is 0 Å². The van der Waals surface area contributed by atoms with E-state index in [0.717, 1.165) is 24.2 Å². The van der Waals surface area contributed by atoms with E-state index >= 15 is 0 Å². The average Bonchev–Trinajstić information content (AvgIpc) is 2.04. The minimum atomic E-state index is 0.695. The third-order valence-electron chi connectivity index (χ3n) is 1.67. The number of hydrogen-bond donors (Lipinski definition) is 0. The predicted molar refractivity (Wildman–Crippen MR) is 45.7 cm³/mol. The fourth-order valence-electron chi connectivity index (χ4n) is 1.15. The lowest BCUT2D eigenvalue weighted by atomic mass is 10.1. The molecule has 3 heteroatoms. The zero-order valence-electron chi connectivity index (χ0n) is 5.92. The molecule has 1 aliphatic heterocycles. The van der Waals surface area contributed by atoms with Gasteiger partial charge in [0.05, 0.1) is 5.02 Å². The lowest BCUT2D eigenvalue weighted by Crippen LogP contribution is -1.94. The van der Waals surface area contributed by atoms with Gasteiger partial charge in [0, 0.05) is 12.4 Å². The molecule has 0 fully saturated rings. The number of aliphatic imine (C=N–C) groups is 1. The monoisotopic (exact) mass is 166 g/mol. The third kappa shape index (κ3) is 1.26. The SMILES string of the molecule is Clc1cnc2c(c1)CCC=N2. The molecule has 2 heterocycles. The molecule has 0 saturated heterocycles. The number of fused-ring (bicyclic) bond motifs is 1. The Morgan fingerprint density at radius 2 is 2.36 bits per heavy atom. The molecule has 0 N–H and O–H groups in total. The standard InChI is InChI=1S/C8H7ClN2/c9-7-4-6-2-1-3-10-8(6)11-5-7/h3-5H,1-2H2. The van der Waals surface area contributed by atoms with E-state index in [1.54, 1.807) is 6.20 Å². The first kappa shape index (κ1) is 6.80. The van der Waals surface area contributed by atoms with Gasteiger partial charge >= 0.3 is 0 Å². The number of nitrogens with zero attached hydrogens (tertiary/aromatic N) is 2. The maximum absolute atomic E-state index is 5.76. The van der Waals surface area contributed by atoms with E-state index < -0.39 is 0 Å². The fourth-order valence-corrected chi connectivity index (χ4v) is 1.33. The molecule has 2 rings (SSSR count). The summed E-state index contributed by atoms with van der Waals surface area (Å²) in [6.07, 6.45) is 5.52. The van der Waals surface area contributed by atoms with E-state index in [4.69, 9.17) is 11.6 Å². The molecule has 1 aromatic heterocycles. The smallest absolute Gasteiger partial charge is 0.154 e. The minimum absolute atomic E-state index is 0.695. The van der Waals surface area contributed by atoms with Crippen LogP contribution in [0.5, 0.6) is 0 Å². The number of aromatic nitrogens is 1. The highest BCUT2D eigenvalue weighted by molar-refractivity contribution is 6.30. The zero-order valence-corrected chi connectivity index (χ0v) is 6.67. The normalized spacial score (nSPS) is 14.6. The van der Waals surface area contributed by atoms with Gasteiger partial charge in [-0.25, -0.2) is 9.98 Å². The van der Waals surface area contributed by atoms with Gasteiger partial charge in [-0.15, -0.1) is 0 Å². The number of aryl methyl sites for hydroxylation is 1. The molecular formula is C8H7ClN2. The van der Waals surface area contributed by atoms with Gasteiger partial charge in [-0.05, 0) is 24.5 Å². The highest BCUT2D eigenvalue weighted by Gasteiger charge is 2.06. The Bertz CT molecular complexity index is 307. The molecule has 1 aromatic rings. The molecule has 0 saturated carbocycles. The van der Waals surface area contributed by atoms with Crippen LogP contribution in [0.25, 0.3) is 0 Å². The highest BCUT2D eigenvalue weighted by Crippen LogP contribution is 2.23. The Kier molecular flexibility index (Phi) is 1.62. The predicted octanol–water partition coefficient (Wildman–Crippen LogP) is 2.38. The van der Waals surface area contributed by atoms with Crippen LogP contribution in [0.1, 0.15) is 12.0 Å². The number of hydrogen-bond acceptors (Lipinski definition) is 2. The van der Waals surface area contributed by atoms with Gasteiger partial charge in [-0.2, -0.15) is 0 Å². The largest absolute Gasteiger partial charge is 0.241 e. The number of pyridine rings is 1. The maximum atomic E-state index is 5.76. The number of halogens is 1. The van der Waals surface area contributed by atoms with Crippen LogP contribution < -0.4 is 0 Å². The quantitative estimate of drug-likeness (QED) is 0.581. The van der Waals surface area contributed by atoms with Gasteiger partial charge in [-0.1, -0.05) is 11.6 Å². The van der Waals surface area contributed by atoms with Crippen molar-refractivity contribution < 1.29 is 0 Å². The topological polar surface area (TPSA) is 25.2 Å². The van der Waals surface area contributed by atoms with Gasteiger partial charge in [-0.3, -0.25) is 0 Å². The van der Waals surface area contributed by atoms with Crippen molar-refractivity contribution in [2.75, 3.05) is 0 Å². The lowest BCUT2D eigenvalue weighted by molar-refractivity contribution is 1.00. The van der Waals surface area contributed by atoms with E-state index in [1.807, 2.05) is 12.3 Å². The molecule has 0 radical (unpaired) electrons. The van der Waals surface area contributed by atoms with Crippen LogP contribution in [0.3, 0.4) is 0 Å². The van der Waals surface area contributed by atoms with Gasteiger partial charge in [0.2, 0.25) is 0 Å². The Balaban J connectivity index is 2.53. The van der Waals surface area contributed by atoms with Crippen LogP contribution in [0.15, 0.2) is 17.3 Å². The van der Waals surface area contributed by atoms with Crippen LogP contribution in [0.2, 0.25) is 5.02 Å². The van der Waals surface area contributed by atoms with E-state index in [-0.39, 0.29) is 0 Å². The van der Waals surface area contributed by atoms with Crippen LogP contribution in [0, 0.1) is 0 Å². The maximum Gasteiger partial charge on any atom is 0.154 e. The molecule has 0 amide bonds. The minimum Gasteiger partial charge on any atom is -0.241 e. The second kappa shape index (κ2) is 2.62. The Morgan fingerprint density at radius 3 is 3.27 bits per heavy atom. The van der Waals surface area contributed by atoms with Gasteiger partial charge in [0.1, 0.15) is 0 Å². The first-order valence-electron chi connectivity index (χ1n) is 3.53. The molecule has 0 unspecified atom stereocenters. The summed E-state index contributed by atoms with van der Waals surface area (Å²) in [5.74, 6) is 0.820. The second-order valence-electron chi connectivity index (χ2n) is 2.49. The van der Waals surface area contributed by atoms with E-state index in [0.29, 0.717) is 5.02 Å². The lowest BCUT2D eigenvalue weighted by Gasteiger charge is -2.07. The van der Waals surface area contributed by atoms with Crippen LogP contribution in [0.4, 0.5) is 5.82 Å². The summed E-state index contributed by atoms with van der Waals surface area (Å²) < 4.78 is 0. The average molecular weight is 167 g/mol. The molecule has 1 aliphatic rings. The Morgan fingerprint density at radius 1 is 1.45 bits per heavy atom. The molecule has 0 aromatic carbocycles. The Labute approximate surface area is 69.9 Å². The summed E-state index contributed by atoms with van der Waals surface area (Å²) in [5, 5.41) is 0.695. The summed E-state index contributed by atoms with van der Waals surface area (Å²) in [6.45, 7) is 0. The first-order chi connectivity index (χ1) is 5.36. The summed E-state index contributed by atoms with van der Waals surface area (Å²) in [5.41, 5.74) is 1.15. The first-order valence-corrected chi connectivity index (χ1v) is 3.91. The van der Waals surface area contributed by atoms with Crippen molar-refractivity contribution >= 4 is 23.6 Å². The molecule has 0 aliphatic carbocycles. The van der Waals surface area contributed by atoms with Crippen molar-refractivity contribution in [3.05, 3.63) is 22.8 Å². The van der Waals surface area contributed by atoms with Crippen molar-refractivity contribution in [2.45, 2.75) is 12.8 Å². The molecule has 0 spiro atoms. The van der Waals surface area contributed by atoms with E-state index in [2.05, 4.69) is 9.98 Å². The van der Waals surface area contributed by atoms with Gasteiger partial charge < -0.3 is 0 Å². The van der Waals surface area contributed by atoms with Crippen molar-refractivity contribution in [1.82, 2.24) is 4.98 Å². The van der Waals surface area contributed by atoms with Crippen molar-refractivity contribution in [1.29, 1.82) is 0 Å². The van der Waals surface area contributed by atoms with Crippen LogP contribution in [-0.4, -0.2) is 11.2 Å². The molecular weight excluding hydrogens is 160 g/mol. The molecule has 0 bridgehead atoms. The highest BCUT2D eigenvalue weighted by atomic mass is 35.5.